The molecule has 0 saturated carbocycles. The monoisotopic (exact) mass is 413 g/mol. The summed E-state index contributed by atoms with van der Waals surface area (Å²) in [6, 6.07) is 8.20. The second-order valence-electron chi connectivity index (χ2n) is 7.15. The fourth-order valence-electron chi connectivity index (χ4n) is 3.56. The number of carbonyl (C=O) groups is 2. The van der Waals surface area contributed by atoms with Gasteiger partial charge in [0.25, 0.3) is 0 Å². The number of carboxylic acids is 1. The summed E-state index contributed by atoms with van der Waals surface area (Å²) in [5, 5.41) is 12.0. The maximum absolute atomic E-state index is 12.4. The normalized spacial score (nSPS) is 17.6. The summed E-state index contributed by atoms with van der Waals surface area (Å²) in [7, 11) is 3.52. The van der Waals surface area contributed by atoms with Gasteiger partial charge in [-0.1, -0.05) is 24.3 Å². The molecular formula is C20H32ClN3O4. The number of hydrogen-bond donors (Lipinski definition) is 2. The highest BCUT2D eigenvalue weighted by atomic mass is 35.5. The van der Waals surface area contributed by atoms with Crippen LogP contribution >= 0.6 is 12.4 Å². The number of nitrogens with one attached hydrogen (secondary N) is 1. The van der Waals surface area contributed by atoms with Gasteiger partial charge in [-0.2, -0.15) is 0 Å². The molecule has 7 nitrogen and oxygen atoms in total. The van der Waals surface area contributed by atoms with Crippen LogP contribution in [0.4, 0.5) is 0 Å². The zero-order valence-corrected chi connectivity index (χ0v) is 17.5. The molecule has 8 heteroatoms. The Balaban J connectivity index is 0.00000392. The summed E-state index contributed by atoms with van der Waals surface area (Å²) < 4.78 is 5.20. The van der Waals surface area contributed by atoms with E-state index in [0.29, 0.717) is 19.7 Å². The summed E-state index contributed by atoms with van der Waals surface area (Å²) in [5.74, 6) is -0.786. The first kappa shape index (κ1) is 24.4. The standard InChI is InChI=1S/C20H31N3O4.ClH/c1-22(14-20(25)26)18-8-5-10-23(11-9-18)13-19(24)21-12-16-6-3-4-7-17(16)15-27-2;/h3-4,6-7,18H,5,8-15H2,1-2H3,(H,21,24)(H,25,26);1H. The highest BCUT2D eigenvalue weighted by molar-refractivity contribution is 5.85. The van der Waals surface area contributed by atoms with E-state index in [1.807, 2.05) is 36.2 Å². The summed E-state index contributed by atoms with van der Waals surface area (Å²) >= 11 is 0. The van der Waals surface area contributed by atoms with Gasteiger partial charge in [0.1, 0.15) is 0 Å². The smallest absolute Gasteiger partial charge is 0.317 e. The van der Waals surface area contributed by atoms with Crippen molar-refractivity contribution in [2.24, 2.45) is 0 Å². The van der Waals surface area contributed by atoms with Gasteiger partial charge >= 0.3 is 5.97 Å². The number of likely N-dealkylation sites (N-methyl/N-ethyl adjacent to an activating group) is 1. The maximum Gasteiger partial charge on any atom is 0.317 e. The minimum Gasteiger partial charge on any atom is -0.480 e. The van der Waals surface area contributed by atoms with E-state index in [9.17, 15) is 9.59 Å². The van der Waals surface area contributed by atoms with E-state index in [0.717, 1.165) is 43.5 Å². The van der Waals surface area contributed by atoms with Crippen LogP contribution in [0.2, 0.25) is 0 Å². The first-order chi connectivity index (χ1) is 13.0. The molecule has 1 amide bonds. The molecule has 1 unspecified atom stereocenters. The fraction of sp³-hybridized carbons (Fsp3) is 0.600. The average molecular weight is 414 g/mol. The molecule has 2 N–H and O–H groups in total. The van der Waals surface area contributed by atoms with Crippen molar-refractivity contribution >= 4 is 24.3 Å². The molecule has 1 aliphatic heterocycles. The number of hydrogen-bond acceptors (Lipinski definition) is 5. The molecule has 0 bridgehead atoms. The lowest BCUT2D eigenvalue weighted by Crippen LogP contribution is -2.39. The SMILES string of the molecule is COCc1ccccc1CNC(=O)CN1CCCC(N(C)CC(=O)O)CC1.Cl. The third-order valence-electron chi connectivity index (χ3n) is 5.06. The van der Waals surface area contributed by atoms with E-state index < -0.39 is 5.97 Å². The minimum absolute atomic E-state index is 0. The molecule has 1 aromatic rings. The Bertz CT molecular complexity index is 629. The number of amides is 1. The Morgan fingerprint density at radius 2 is 1.96 bits per heavy atom. The summed E-state index contributed by atoms with van der Waals surface area (Å²) in [5.41, 5.74) is 2.15. The Morgan fingerprint density at radius 1 is 1.25 bits per heavy atom. The van der Waals surface area contributed by atoms with E-state index in [1.54, 1.807) is 7.11 Å². The Kier molecular flexibility index (Phi) is 11.1. The number of halogens is 1. The first-order valence-corrected chi connectivity index (χ1v) is 9.46. The number of ether oxygens (including phenoxy) is 1. The van der Waals surface area contributed by atoms with Gasteiger partial charge in [0.2, 0.25) is 5.91 Å². The molecule has 0 aromatic heterocycles. The van der Waals surface area contributed by atoms with Crippen LogP contribution in [0, 0.1) is 0 Å². The predicted octanol–water partition coefficient (Wildman–Crippen LogP) is 1.74. The van der Waals surface area contributed by atoms with Gasteiger partial charge in [-0.05, 0) is 44.0 Å². The lowest BCUT2D eigenvalue weighted by Gasteiger charge is -2.25. The van der Waals surface area contributed by atoms with Crippen LogP contribution in [0.15, 0.2) is 24.3 Å². The fourth-order valence-corrected chi connectivity index (χ4v) is 3.56. The molecule has 1 aliphatic rings. The van der Waals surface area contributed by atoms with Gasteiger partial charge in [-0.3, -0.25) is 19.4 Å². The number of likely N-dealkylation sites (tertiary alicyclic amines) is 1. The van der Waals surface area contributed by atoms with Gasteiger partial charge in [0.05, 0.1) is 19.7 Å². The second-order valence-corrected chi connectivity index (χ2v) is 7.15. The van der Waals surface area contributed by atoms with E-state index in [1.165, 1.54) is 0 Å². The number of carbonyl (C=O) groups excluding carboxylic acids is 1. The third kappa shape index (κ3) is 8.14. The summed E-state index contributed by atoms with van der Waals surface area (Å²) in [4.78, 5) is 27.3. The van der Waals surface area contributed by atoms with Crippen molar-refractivity contribution in [1.82, 2.24) is 15.1 Å². The van der Waals surface area contributed by atoms with Crippen molar-refractivity contribution in [2.75, 3.05) is 40.3 Å². The molecule has 1 saturated heterocycles. The summed E-state index contributed by atoms with van der Waals surface area (Å²) in [6.45, 7) is 3.14. The molecule has 158 valence electrons. The number of carboxylic acid groups (broad SMARTS) is 1. The van der Waals surface area contributed by atoms with Gasteiger partial charge in [0.15, 0.2) is 0 Å². The number of nitrogens with zero attached hydrogens (tertiary/aromatic N) is 2. The van der Waals surface area contributed by atoms with Crippen LogP contribution < -0.4 is 5.32 Å². The van der Waals surface area contributed by atoms with E-state index in [4.69, 9.17) is 9.84 Å². The molecular weight excluding hydrogens is 382 g/mol. The molecule has 1 fully saturated rings. The lowest BCUT2D eigenvalue weighted by molar-refractivity contribution is -0.138. The predicted molar refractivity (Wildman–Crippen MR) is 111 cm³/mol. The largest absolute Gasteiger partial charge is 0.480 e. The number of methoxy groups -OCH3 is 1. The quantitative estimate of drug-likeness (QED) is 0.641. The van der Waals surface area contributed by atoms with Crippen molar-refractivity contribution in [3.63, 3.8) is 0 Å². The van der Waals surface area contributed by atoms with Gasteiger partial charge in [-0.15, -0.1) is 12.4 Å². The second kappa shape index (κ2) is 12.7. The highest BCUT2D eigenvalue weighted by Gasteiger charge is 2.22. The molecule has 28 heavy (non-hydrogen) atoms. The van der Waals surface area contributed by atoms with Crippen LogP contribution in [-0.4, -0.2) is 73.2 Å². The van der Waals surface area contributed by atoms with Crippen molar-refractivity contribution in [3.05, 3.63) is 35.4 Å². The van der Waals surface area contributed by atoms with Crippen molar-refractivity contribution in [3.8, 4) is 0 Å². The Hall–Kier alpha value is -1.67. The zero-order valence-electron chi connectivity index (χ0n) is 16.7. The third-order valence-corrected chi connectivity index (χ3v) is 5.06. The average Bonchev–Trinajstić information content (AvgIpc) is 2.86. The molecule has 0 aliphatic carbocycles. The van der Waals surface area contributed by atoms with Gasteiger partial charge in [0, 0.05) is 26.2 Å². The number of rotatable bonds is 9. The number of benzene rings is 1. The molecule has 1 heterocycles. The Labute approximate surface area is 173 Å². The number of aliphatic carboxylic acids is 1. The topological polar surface area (TPSA) is 82.1 Å². The van der Waals surface area contributed by atoms with Crippen LogP contribution in [0.1, 0.15) is 30.4 Å². The zero-order chi connectivity index (χ0) is 19.6. The van der Waals surface area contributed by atoms with Gasteiger partial charge < -0.3 is 15.2 Å². The molecule has 2 rings (SSSR count). The first-order valence-electron chi connectivity index (χ1n) is 9.46. The minimum atomic E-state index is -0.799. The lowest BCUT2D eigenvalue weighted by atomic mass is 10.1. The molecule has 0 spiro atoms. The van der Waals surface area contributed by atoms with Crippen LogP contribution in [0.3, 0.4) is 0 Å². The molecule has 0 radical (unpaired) electrons. The van der Waals surface area contributed by atoms with Crippen LogP contribution in [0.25, 0.3) is 0 Å². The van der Waals surface area contributed by atoms with Crippen LogP contribution in [0.5, 0.6) is 0 Å². The van der Waals surface area contributed by atoms with Crippen LogP contribution in [-0.2, 0) is 27.5 Å². The van der Waals surface area contributed by atoms with E-state index >= 15 is 0 Å². The van der Waals surface area contributed by atoms with Gasteiger partial charge in [-0.25, -0.2) is 0 Å². The summed E-state index contributed by atoms with van der Waals surface area (Å²) in [6.07, 6.45) is 2.82. The maximum atomic E-state index is 12.4. The van der Waals surface area contributed by atoms with E-state index in [2.05, 4.69) is 10.2 Å². The molecule has 1 aromatic carbocycles. The molecule has 1 atom stereocenters. The Morgan fingerprint density at radius 3 is 2.64 bits per heavy atom. The van der Waals surface area contributed by atoms with Crippen molar-refractivity contribution < 1.29 is 19.4 Å². The van der Waals surface area contributed by atoms with Crippen molar-refractivity contribution in [1.29, 1.82) is 0 Å². The van der Waals surface area contributed by atoms with Crippen molar-refractivity contribution in [2.45, 2.75) is 38.5 Å². The van der Waals surface area contributed by atoms with E-state index in [-0.39, 0.29) is 30.9 Å². The highest BCUT2D eigenvalue weighted by Crippen LogP contribution is 2.15.